The summed E-state index contributed by atoms with van der Waals surface area (Å²) >= 11 is 3.23. The van der Waals surface area contributed by atoms with Crippen molar-refractivity contribution >= 4 is 33.5 Å². The average molecular weight is 284 g/mol. The van der Waals surface area contributed by atoms with Crippen LogP contribution < -0.4 is 5.32 Å². The van der Waals surface area contributed by atoms with E-state index in [4.69, 9.17) is 5.11 Å². The van der Waals surface area contributed by atoms with E-state index in [1.54, 1.807) is 19.1 Å². The van der Waals surface area contributed by atoms with Crippen LogP contribution in [-0.4, -0.2) is 17.0 Å². The second-order valence-electron chi connectivity index (χ2n) is 2.99. The van der Waals surface area contributed by atoms with Crippen molar-refractivity contribution in [3.8, 4) is 0 Å². The third-order valence-corrected chi connectivity index (χ3v) is 2.48. The molecule has 1 aromatic rings. The number of rotatable bonds is 3. The highest BCUT2D eigenvalue weighted by Gasteiger charge is 2.08. The molecule has 0 saturated carbocycles. The highest BCUT2D eigenvalue weighted by Crippen LogP contribution is 2.23. The van der Waals surface area contributed by atoms with Gasteiger partial charge in [-0.05, 0) is 47.1 Å². The van der Waals surface area contributed by atoms with E-state index in [0.29, 0.717) is 10.2 Å². The minimum atomic E-state index is -1.03. The van der Waals surface area contributed by atoms with Gasteiger partial charge in [-0.3, -0.25) is 4.79 Å². The number of hydrogen-bond donors (Lipinski definition) is 2. The van der Waals surface area contributed by atoms with Gasteiger partial charge in [0, 0.05) is 4.47 Å². The van der Waals surface area contributed by atoms with E-state index < -0.39 is 5.97 Å². The summed E-state index contributed by atoms with van der Waals surface area (Å²) in [4.78, 5) is 22.0. The highest BCUT2D eigenvalue weighted by molar-refractivity contribution is 9.10. The van der Waals surface area contributed by atoms with Gasteiger partial charge in [0.05, 0.1) is 11.3 Å². The zero-order valence-corrected chi connectivity index (χ0v) is 10.1. The van der Waals surface area contributed by atoms with Crippen molar-refractivity contribution in [2.24, 2.45) is 0 Å². The zero-order chi connectivity index (χ0) is 12.1. The number of halogens is 1. The molecule has 0 heterocycles. The fourth-order valence-electron chi connectivity index (χ4n) is 1.08. The van der Waals surface area contributed by atoms with E-state index in [0.717, 1.165) is 0 Å². The van der Waals surface area contributed by atoms with Crippen LogP contribution in [0.1, 0.15) is 17.3 Å². The number of amides is 1. The second kappa shape index (κ2) is 5.46. The van der Waals surface area contributed by atoms with Crippen LogP contribution in [0.3, 0.4) is 0 Å². The summed E-state index contributed by atoms with van der Waals surface area (Å²) in [6, 6.07) is 4.43. The van der Waals surface area contributed by atoms with Crippen LogP contribution in [0.5, 0.6) is 0 Å². The minimum absolute atomic E-state index is 0.124. The molecule has 0 spiro atoms. The lowest BCUT2D eigenvalue weighted by atomic mass is 10.2. The molecular weight excluding hydrogens is 274 g/mol. The lowest BCUT2D eigenvalue weighted by Crippen LogP contribution is -2.09. The van der Waals surface area contributed by atoms with Crippen molar-refractivity contribution < 1.29 is 14.7 Å². The van der Waals surface area contributed by atoms with Gasteiger partial charge in [-0.25, -0.2) is 4.79 Å². The lowest BCUT2D eigenvalue weighted by Gasteiger charge is -2.06. The predicted molar refractivity (Wildman–Crippen MR) is 64.5 cm³/mol. The fraction of sp³-hybridized carbons (Fsp3) is 0.0909. The standard InChI is InChI=1S/C11H10BrNO3/c1-2-3-10(14)13-9-6-7(11(15)16)4-5-8(9)12/h2-6H,1H3,(H,13,14)(H,15,16)/b3-2+. The number of anilines is 1. The Hall–Kier alpha value is -1.62. The van der Waals surface area contributed by atoms with Gasteiger partial charge in [-0.15, -0.1) is 0 Å². The molecule has 2 N–H and O–H groups in total. The topological polar surface area (TPSA) is 66.4 Å². The maximum absolute atomic E-state index is 11.3. The number of carbonyl (C=O) groups is 2. The highest BCUT2D eigenvalue weighted by atomic mass is 79.9. The number of allylic oxidation sites excluding steroid dienone is 1. The van der Waals surface area contributed by atoms with Gasteiger partial charge >= 0.3 is 5.97 Å². The fourth-order valence-corrected chi connectivity index (χ4v) is 1.43. The number of hydrogen-bond acceptors (Lipinski definition) is 2. The van der Waals surface area contributed by atoms with Crippen molar-refractivity contribution in [1.82, 2.24) is 0 Å². The van der Waals surface area contributed by atoms with E-state index in [2.05, 4.69) is 21.2 Å². The first-order chi connectivity index (χ1) is 7.54. The normalized spacial score (nSPS) is 10.4. The molecule has 84 valence electrons. The van der Waals surface area contributed by atoms with Crippen molar-refractivity contribution in [1.29, 1.82) is 0 Å². The van der Waals surface area contributed by atoms with Gasteiger partial charge in [-0.2, -0.15) is 0 Å². The molecule has 4 nitrogen and oxygen atoms in total. The summed E-state index contributed by atoms with van der Waals surface area (Å²) in [5.74, 6) is -1.33. The van der Waals surface area contributed by atoms with Gasteiger partial charge < -0.3 is 10.4 Å². The van der Waals surface area contributed by atoms with Gasteiger partial charge in [0.15, 0.2) is 0 Å². The third kappa shape index (κ3) is 3.20. The smallest absolute Gasteiger partial charge is 0.335 e. The summed E-state index contributed by atoms with van der Waals surface area (Å²) in [5.41, 5.74) is 0.557. The van der Waals surface area contributed by atoms with Crippen molar-refractivity contribution in [3.63, 3.8) is 0 Å². The van der Waals surface area contributed by atoms with Gasteiger partial charge in [-0.1, -0.05) is 6.08 Å². The first kappa shape index (κ1) is 12.4. The molecule has 16 heavy (non-hydrogen) atoms. The summed E-state index contributed by atoms with van der Waals surface area (Å²) in [7, 11) is 0. The van der Waals surface area contributed by atoms with E-state index >= 15 is 0 Å². The Bertz CT molecular complexity index is 455. The number of carbonyl (C=O) groups excluding carboxylic acids is 1. The Morgan fingerprint density at radius 3 is 2.69 bits per heavy atom. The molecule has 1 rings (SSSR count). The maximum atomic E-state index is 11.3. The first-order valence-electron chi connectivity index (χ1n) is 4.51. The quantitative estimate of drug-likeness (QED) is 0.838. The number of benzene rings is 1. The van der Waals surface area contributed by atoms with Crippen molar-refractivity contribution in [3.05, 3.63) is 40.4 Å². The van der Waals surface area contributed by atoms with Crippen LogP contribution in [0, 0.1) is 0 Å². The van der Waals surface area contributed by atoms with Crippen LogP contribution in [-0.2, 0) is 4.79 Å². The number of aromatic carboxylic acids is 1. The number of nitrogens with one attached hydrogen (secondary N) is 1. The SMILES string of the molecule is C/C=C/C(=O)Nc1cc(C(=O)O)ccc1Br. The van der Waals surface area contributed by atoms with Gasteiger partial charge in [0.1, 0.15) is 0 Å². The molecule has 0 fully saturated rings. The molecule has 0 aliphatic rings. The van der Waals surface area contributed by atoms with Crippen molar-refractivity contribution in [2.75, 3.05) is 5.32 Å². The summed E-state index contributed by atoms with van der Waals surface area (Å²) in [5, 5.41) is 11.4. The molecule has 1 amide bonds. The van der Waals surface area contributed by atoms with Gasteiger partial charge in [0.25, 0.3) is 0 Å². The molecule has 0 unspecified atom stereocenters. The summed E-state index contributed by atoms with van der Waals surface area (Å²) < 4.78 is 0.635. The van der Waals surface area contributed by atoms with Crippen LogP contribution in [0.2, 0.25) is 0 Å². The van der Waals surface area contributed by atoms with E-state index in [1.165, 1.54) is 18.2 Å². The van der Waals surface area contributed by atoms with Crippen LogP contribution >= 0.6 is 15.9 Å². The Balaban J connectivity index is 2.98. The predicted octanol–water partition coefficient (Wildman–Crippen LogP) is 2.66. The second-order valence-corrected chi connectivity index (χ2v) is 3.84. The van der Waals surface area contributed by atoms with E-state index in [-0.39, 0.29) is 11.5 Å². The molecule has 0 atom stereocenters. The van der Waals surface area contributed by atoms with Crippen molar-refractivity contribution in [2.45, 2.75) is 6.92 Å². The largest absolute Gasteiger partial charge is 0.478 e. The maximum Gasteiger partial charge on any atom is 0.335 e. The Labute approximate surface area is 101 Å². The van der Waals surface area contributed by atoms with E-state index in [1.807, 2.05) is 0 Å². The Morgan fingerprint density at radius 1 is 1.44 bits per heavy atom. The summed E-state index contributed by atoms with van der Waals surface area (Å²) in [6.45, 7) is 1.72. The Morgan fingerprint density at radius 2 is 2.12 bits per heavy atom. The van der Waals surface area contributed by atoms with Crippen LogP contribution in [0.25, 0.3) is 0 Å². The number of carboxylic acid groups (broad SMARTS) is 1. The molecular formula is C11H10BrNO3. The molecule has 0 radical (unpaired) electrons. The average Bonchev–Trinajstić information content (AvgIpc) is 2.21. The minimum Gasteiger partial charge on any atom is -0.478 e. The Kier molecular flexibility index (Phi) is 4.25. The zero-order valence-electron chi connectivity index (χ0n) is 8.53. The molecule has 1 aromatic carbocycles. The lowest BCUT2D eigenvalue weighted by molar-refractivity contribution is -0.111. The molecule has 0 aromatic heterocycles. The molecule has 0 saturated heterocycles. The molecule has 0 bridgehead atoms. The van der Waals surface area contributed by atoms with Crippen LogP contribution in [0.4, 0.5) is 5.69 Å². The van der Waals surface area contributed by atoms with E-state index in [9.17, 15) is 9.59 Å². The van der Waals surface area contributed by atoms with Crippen LogP contribution in [0.15, 0.2) is 34.8 Å². The third-order valence-electron chi connectivity index (χ3n) is 1.79. The monoisotopic (exact) mass is 283 g/mol. The number of carboxylic acids is 1. The molecule has 0 aliphatic carbocycles. The first-order valence-corrected chi connectivity index (χ1v) is 5.30. The summed E-state index contributed by atoms with van der Waals surface area (Å²) in [6.07, 6.45) is 2.96. The molecule has 0 aliphatic heterocycles. The van der Waals surface area contributed by atoms with Gasteiger partial charge in [0.2, 0.25) is 5.91 Å². The molecule has 5 heteroatoms.